The molecule has 0 amide bonds. The van der Waals surface area contributed by atoms with Crippen molar-refractivity contribution >= 4 is 10.0 Å². The molecule has 2 rings (SSSR count). The van der Waals surface area contributed by atoms with Crippen LogP contribution >= 0.6 is 0 Å². The van der Waals surface area contributed by atoms with Crippen LogP contribution in [0.15, 0.2) is 47.4 Å². The first-order valence-electron chi connectivity index (χ1n) is 6.70. The molecule has 0 aliphatic carbocycles. The van der Waals surface area contributed by atoms with Gasteiger partial charge in [-0.15, -0.1) is 0 Å². The van der Waals surface area contributed by atoms with Crippen molar-refractivity contribution in [2.24, 2.45) is 0 Å². The van der Waals surface area contributed by atoms with Crippen LogP contribution in [0.25, 0.3) is 0 Å². The van der Waals surface area contributed by atoms with E-state index in [4.69, 9.17) is 0 Å². The molecule has 0 saturated heterocycles. The first kappa shape index (κ1) is 15.7. The van der Waals surface area contributed by atoms with Crippen LogP contribution in [0.3, 0.4) is 0 Å². The van der Waals surface area contributed by atoms with Crippen molar-refractivity contribution in [3.63, 3.8) is 0 Å². The SMILES string of the molecule is Cc1ccc(CCNS(=O)(=O)c2ccccc2F)c(C)c1. The molecule has 0 atom stereocenters. The lowest BCUT2D eigenvalue weighted by Crippen LogP contribution is -2.26. The third kappa shape index (κ3) is 3.89. The van der Waals surface area contributed by atoms with Crippen LogP contribution < -0.4 is 4.72 Å². The molecule has 0 aliphatic rings. The lowest BCUT2D eigenvalue weighted by Gasteiger charge is -2.09. The molecule has 1 N–H and O–H groups in total. The van der Waals surface area contributed by atoms with Gasteiger partial charge in [0.25, 0.3) is 0 Å². The number of benzene rings is 2. The fourth-order valence-electron chi connectivity index (χ4n) is 2.19. The van der Waals surface area contributed by atoms with E-state index in [-0.39, 0.29) is 11.4 Å². The van der Waals surface area contributed by atoms with Crippen molar-refractivity contribution in [3.8, 4) is 0 Å². The summed E-state index contributed by atoms with van der Waals surface area (Å²) in [5.41, 5.74) is 3.38. The predicted octanol–water partition coefficient (Wildman–Crippen LogP) is 2.96. The molecule has 2 aromatic carbocycles. The monoisotopic (exact) mass is 307 g/mol. The topological polar surface area (TPSA) is 46.2 Å². The van der Waals surface area contributed by atoms with E-state index in [2.05, 4.69) is 10.8 Å². The number of nitrogens with one attached hydrogen (secondary N) is 1. The molecule has 0 aromatic heterocycles. The van der Waals surface area contributed by atoms with E-state index < -0.39 is 15.8 Å². The highest BCUT2D eigenvalue weighted by atomic mass is 32.2. The Morgan fingerprint density at radius 2 is 1.81 bits per heavy atom. The summed E-state index contributed by atoms with van der Waals surface area (Å²) >= 11 is 0. The molecule has 0 saturated carbocycles. The van der Waals surface area contributed by atoms with Gasteiger partial charge in [0.1, 0.15) is 10.7 Å². The quantitative estimate of drug-likeness (QED) is 0.923. The van der Waals surface area contributed by atoms with Crippen molar-refractivity contribution in [1.82, 2.24) is 4.72 Å². The third-order valence-corrected chi connectivity index (χ3v) is 4.80. The highest BCUT2D eigenvalue weighted by molar-refractivity contribution is 7.89. The van der Waals surface area contributed by atoms with Gasteiger partial charge in [-0.25, -0.2) is 17.5 Å². The Labute approximate surface area is 124 Å². The summed E-state index contributed by atoms with van der Waals surface area (Å²) in [5.74, 6) is -0.739. The summed E-state index contributed by atoms with van der Waals surface area (Å²) < 4.78 is 40.0. The standard InChI is InChI=1S/C16H18FNO2S/c1-12-7-8-14(13(2)11-12)9-10-18-21(19,20)16-6-4-3-5-15(16)17/h3-8,11,18H,9-10H2,1-2H3. The largest absolute Gasteiger partial charge is 0.243 e. The molecule has 2 aromatic rings. The number of sulfonamides is 1. The van der Waals surface area contributed by atoms with Gasteiger partial charge in [-0.2, -0.15) is 0 Å². The maximum absolute atomic E-state index is 13.5. The van der Waals surface area contributed by atoms with Gasteiger partial charge in [0.2, 0.25) is 10.0 Å². The van der Waals surface area contributed by atoms with E-state index in [0.29, 0.717) is 6.42 Å². The van der Waals surface area contributed by atoms with Gasteiger partial charge < -0.3 is 0 Å². The molecule has 0 heterocycles. The molecule has 0 aliphatic heterocycles. The minimum absolute atomic E-state index is 0.237. The predicted molar refractivity (Wildman–Crippen MR) is 81.2 cm³/mol. The average Bonchev–Trinajstić information content (AvgIpc) is 2.41. The van der Waals surface area contributed by atoms with Crippen molar-refractivity contribution in [3.05, 3.63) is 65.0 Å². The summed E-state index contributed by atoms with van der Waals surface area (Å²) in [6, 6.07) is 11.4. The minimum atomic E-state index is -3.81. The molecular weight excluding hydrogens is 289 g/mol. The van der Waals surface area contributed by atoms with E-state index in [0.717, 1.165) is 17.2 Å². The summed E-state index contributed by atoms with van der Waals surface area (Å²) in [7, 11) is -3.81. The Hall–Kier alpha value is -1.72. The van der Waals surface area contributed by atoms with Crippen molar-refractivity contribution in [1.29, 1.82) is 0 Å². The van der Waals surface area contributed by atoms with E-state index in [9.17, 15) is 12.8 Å². The Bertz CT molecular complexity index is 742. The van der Waals surface area contributed by atoms with Crippen molar-refractivity contribution in [2.45, 2.75) is 25.2 Å². The van der Waals surface area contributed by atoms with Gasteiger partial charge in [0.15, 0.2) is 0 Å². The fourth-order valence-corrected chi connectivity index (χ4v) is 3.30. The average molecular weight is 307 g/mol. The molecule has 0 fully saturated rings. The van der Waals surface area contributed by atoms with Crippen molar-refractivity contribution < 1.29 is 12.8 Å². The Kier molecular flexibility index (Phi) is 4.75. The highest BCUT2D eigenvalue weighted by Gasteiger charge is 2.17. The molecule has 0 radical (unpaired) electrons. The maximum atomic E-state index is 13.5. The fraction of sp³-hybridized carbons (Fsp3) is 0.250. The normalized spacial score (nSPS) is 11.6. The zero-order valence-electron chi connectivity index (χ0n) is 12.1. The lowest BCUT2D eigenvalue weighted by molar-refractivity contribution is 0.557. The minimum Gasteiger partial charge on any atom is -0.211 e. The first-order valence-corrected chi connectivity index (χ1v) is 8.19. The molecule has 3 nitrogen and oxygen atoms in total. The smallest absolute Gasteiger partial charge is 0.211 e. The molecule has 0 bridgehead atoms. The van der Waals surface area contributed by atoms with E-state index in [1.54, 1.807) is 0 Å². The third-order valence-electron chi connectivity index (χ3n) is 3.31. The van der Waals surface area contributed by atoms with Crippen LogP contribution in [0.1, 0.15) is 16.7 Å². The zero-order valence-corrected chi connectivity index (χ0v) is 12.9. The molecule has 0 unspecified atom stereocenters. The molecule has 0 spiro atoms. The van der Waals surface area contributed by atoms with E-state index in [1.165, 1.54) is 23.8 Å². The number of hydrogen-bond donors (Lipinski definition) is 1. The Morgan fingerprint density at radius 1 is 1.10 bits per heavy atom. The maximum Gasteiger partial charge on any atom is 0.243 e. The second kappa shape index (κ2) is 6.37. The van der Waals surface area contributed by atoms with Gasteiger partial charge in [-0.1, -0.05) is 35.9 Å². The summed E-state index contributed by atoms with van der Waals surface area (Å²) in [6.45, 7) is 4.24. The second-order valence-electron chi connectivity index (χ2n) is 5.01. The van der Waals surface area contributed by atoms with Gasteiger partial charge in [0.05, 0.1) is 0 Å². The van der Waals surface area contributed by atoms with Crippen molar-refractivity contribution in [2.75, 3.05) is 6.54 Å². The van der Waals surface area contributed by atoms with Gasteiger partial charge in [0, 0.05) is 6.54 Å². The van der Waals surface area contributed by atoms with Gasteiger partial charge >= 0.3 is 0 Å². The van der Waals surface area contributed by atoms with Crippen LogP contribution in [0, 0.1) is 19.7 Å². The number of rotatable bonds is 5. The lowest BCUT2D eigenvalue weighted by atomic mass is 10.0. The van der Waals surface area contributed by atoms with Gasteiger partial charge in [-0.3, -0.25) is 0 Å². The van der Waals surface area contributed by atoms with Crippen LogP contribution in [-0.2, 0) is 16.4 Å². The van der Waals surface area contributed by atoms with Crippen LogP contribution in [0.4, 0.5) is 4.39 Å². The Balaban J connectivity index is 2.04. The number of halogens is 1. The van der Waals surface area contributed by atoms with E-state index >= 15 is 0 Å². The number of aryl methyl sites for hydroxylation is 2. The number of hydrogen-bond acceptors (Lipinski definition) is 2. The molecular formula is C16H18FNO2S. The van der Waals surface area contributed by atoms with Gasteiger partial charge in [-0.05, 0) is 43.5 Å². The molecule has 21 heavy (non-hydrogen) atoms. The second-order valence-corrected chi connectivity index (χ2v) is 6.74. The first-order chi connectivity index (χ1) is 9.90. The van der Waals surface area contributed by atoms with Crippen LogP contribution in [0.5, 0.6) is 0 Å². The van der Waals surface area contributed by atoms with E-state index in [1.807, 2.05) is 26.0 Å². The molecule has 5 heteroatoms. The summed E-state index contributed by atoms with van der Waals surface area (Å²) in [6.07, 6.45) is 0.569. The van der Waals surface area contributed by atoms with Crippen LogP contribution in [-0.4, -0.2) is 15.0 Å². The summed E-state index contributed by atoms with van der Waals surface area (Å²) in [5, 5.41) is 0. The van der Waals surface area contributed by atoms with Crippen LogP contribution in [0.2, 0.25) is 0 Å². The molecule has 112 valence electrons. The summed E-state index contributed by atoms with van der Waals surface area (Å²) in [4.78, 5) is -0.314. The zero-order chi connectivity index (χ0) is 15.5. The highest BCUT2D eigenvalue weighted by Crippen LogP contribution is 2.14. The Morgan fingerprint density at radius 3 is 2.48 bits per heavy atom.